The molecule has 4 heteroatoms. The molecule has 0 bridgehead atoms. The third-order valence-corrected chi connectivity index (χ3v) is 4.36. The molecule has 1 aromatic heterocycles. The molecule has 0 unspecified atom stereocenters. The van der Waals surface area contributed by atoms with E-state index in [0.717, 1.165) is 19.5 Å². The molecule has 0 spiro atoms. The maximum absolute atomic E-state index is 6.18. The molecule has 1 N–H and O–H groups in total. The Kier molecular flexibility index (Phi) is 3.39. The van der Waals surface area contributed by atoms with E-state index in [1.54, 1.807) is 0 Å². The molecule has 3 rings (SSSR count). The monoisotopic (exact) mass is 253 g/mol. The highest BCUT2D eigenvalue weighted by Gasteiger charge is 2.20. The fourth-order valence-electron chi connectivity index (χ4n) is 3.08. The van der Waals surface area contributed by atoms with Crippen molar-refractivity contribution in [1.82, 2.24) is 14.9 Å². The van der Waals surface area contributed by atoms with E-state index < -0.39 is 0 Å². The molecular formula is C13H20ClN3. The molecule has 3 nitrogen and oxygen atoms in total. The number of nitrogens with zero attached hydrogens (tertiary/aromatic N) is 2. The zero-order valence-electron chi connectivity index (χ0n) is 10.2. The highest BCUT2D eigenvalue weighted by atomic mass is 35.5. The molecule has 1 aromatic rings. The van der Waals surface area contributed by atoms with E-state index in [9.17, 15) is 0 Å². The first kappa shape index (κ1) is 11.5. The molecule has 1 aliphatic carbocycles. The first-order chi connectivity index (χ1) is 8.34. The molecule has 94 valence electrons. The molecule has 0 atom stereocenters. The SMILES string of the molecule is Clc1nc(CNC2CCCC2)c2n1CCCC2. The van der Waals surface area contributed by atoms with Crippen molar-refractivity contribution >= 4 is 11.6 Å². The summed E-state index contributed by atoms with van der Waals surface area (Å²) < 4.78 is 2.19. The number of rotatable bonds is 3. The molecule has 0 radical (unpaired) electrons. The van der Waals surface area contributed by atoms with Gasteiger partial charge in [-0.3, -0.25) is 0 Å². The van der Waals surface area contributed by atoms with Gasteiger partial charge >= 0.3 is 0 Å². The number of halogens is 1. The van der Waals surface area contributed by atoms with Crippen LogP contribution in [0.25, 0.3) is 0 Å². The number of aromatic nitrogens is 2. The van der Waals surface area contributed by atoms with Gasteiger partial charge in [0.2, 0.25) is 5.28 Å². The number of hydrogen-bond acceptors (Lipinski definition) is 2. The average Bonchev–Trinajstić information content (AvgIpc) is 2.96. The summed E-state index contributed by atoms with van der Waals surface area (Å²) in [6, 6.07) is 0.703. The standard InChI is InChI=1S/C13H20ClN3/c14-13-16-11(9-15-10-5-1-2-6-10)12-7-3-4-8-17(12)13/h10,15H,1-9H2. The van der Waals surface area contributed by atoms with E-state index in [-0.39, 0.29) is 0 Å². The van der Waals surface area contributed by atoms with Gasteiger partial charge in [0.15, 0.2) is 0 Å². The van der Waals surface area contributed by atoms with Crippen LogP contribution in [0.3, 0.4) is 0 Å². The fourth-order valence-corrected chi connectivity index (χ4v) is 3.37. The molecule has 2 heterocycles. The van der Waals surface area contributed by atoms with Gasteiger partial charge in [-0.05, 0) is 43.7 Å². The van der Waals surface area contributed by atoms with Gasteiger partial charge in [0.05, 0.1) is 5.69 Å². The summed E-state index contributed by atoms with van der Waals surface area (Å²) in [5, 5.41) is 4.31. The lowest BCUT2D eigenvalue weighted by Gasteiger charge is -2.16. The Morgan fingerprint density at radius 2 is 2.06 bits per heavy atom. The van der Waals surface area contributed by atoms with Crippen molar-refractivity contribution < 1.29 is 0 Å². The minimum absolute atomic E-state index is 0.683. The van der Waals surface area contributed by atoms with Crippen molar-refractivity contribution in [3.05, 3.63) is 16.7 Å². The van der Waals surface area contributed by atoms with E-state index in [4.69, 9.17) is 11.6 Å². The van der Waals surface area contributed by atoms with Crippen LogP contribution in [-0.2, 0) is 19.5 Å². The minimum Gasteiger partial charge on any atom is -0.319 e. The van der Waals surface area contributed by atoms with Crippen LogP contribution in [0, 0.1) is 0 Å². The Balaban J connectivity index is 1.69. The molecule has 0 aromatic carbocycles. The van der Waals surface area contributed by atoms with Gasteiger partial charge in [-0.1, -0.05) is 12.8 Å². The third-order valence-electron chi connectivity index (χ3n) is 4.07. The van der Waals surface area contributed by atoms with E-state index in [1.807, 2.05) is 0 Å². The van der Waals surface area contributed by atoms with Crippen molar-refractivity contribution in [3.8, 4) is 0 Å². The Morgan fingerprint density at radius 3 is 2.88 bits per heavy atom. The summed E-state index contributed by atoms with van der Waals surface area (Å²) >= 11 is 6.18. The van der Waals surface area contributed by atoms with Gasteiger partial charge in [0.1, 0.15) is 0 Å². The highest BCUT2D eigenvalue weighted by molar-refractivity contribution is 6.28. The Morgan fingerprint density at radius 1 is 1.24 bits per heavy atom. The van der Waals surface area contributed by atoms with Crippen LogP contribution in [-0.4, -0.2) is 15.6 Å². The maximum Gasteiger partial charge on any atom is 0.203 e. The highest BCUT2D eigenvalue weighted by Crippen LogP contribution is 2.24. The zero-order chi connectivity index (χ0) is 11.7. The molecule has 2 aliphatic rings. The smallest absolute Gasteiger partial charge is 0.203 e. The van der Waals surface area contributed by atoms with Crippen LogP contribution >= 0.6 is 11.6 Å². The summed E-state index contributed by atoms with van der Waals surface area (Å²) in [5.74, 6) is 0. The molecule has 0 saturated heterocycles. The normalized spacial score (nSPS) is 20.8. The number of nitrogens with one attached hydrogen (secondary N) is 1. The van der Waals surface area contributed by atoms with E-state index in [2.05, 4.69) is 14.9 Å². The van der Waals surface area contributed by atoms with Crippen LogP contribution in [0.1, 0.15) is 49.9 Å². The average molecular weight is 254 g/mol. The Hall–Kier alpha value is -0.540. The van der Waals surface area contributed by atoms with Crippen LogP contribution in [0.4, 0.5) is 0 Å². The second-order valence-electron chi connectivity index (χ2n) is 5.25. The van der Waals surface area contributed by atoms with Gasteiger partial charge in [-0.15, -0.1) is 0 Å². The predicted molar refractivity (Wildman–Crippen MR) is 69.3 cm³/mol. The van der Waals surface area contributed by atoms with Crippen molar-refractivity contribution in [2.24, 2.45) is 0 Å². The largest absolute Gasteiger partial charge is 0.319 e. The van der Waals surface area contributed by atoms with Crippen molar-refractivity contribution in [3.63, 3.8) is 0 Å². The fraction of sp³-hybridized carbons (Fsp3) is 0.769. The molecule has 17 heavy (non-hydrogen) atoms. The van der Waals surface area contributed by atoms with Gasteiger partial charge in [-0.2, -0.15) is 0 Å². The second-order valence-corrected chi connectivity index (χ2v) is 5.58. The van der Waals surface area contributed by atoms with Crippen LogP contribution in [0.5, 0.6) is 0 Å². The van der Waals surface area contributed by atoms with Gasteiger partial charge in [0, 0.05) is 24.8 Å². The molecule has 0 amide bonds. The second kappa shape index (κ2) is 4.99. The van der Waals surface area contributed by atoms with E-state index >= 15 is 0 Å². The van der Waals surface area contributed by atoms with Crippen LogP contribution < -0.4 is 5.32 Å². The van der Waals surface area contributed by atoms with E-state index in [0.29, 0.717) is 11.3 Å². The maximum atomic E-state index is 6.18. The van der Waals surface area contributed by atoms with Crippen molar-refractivity contribution in [2.45, 2.75) is 64.1 Å². The molecule has 1 saturated carbocycles. The first-order valence-corrected chi connectivity index (χ1v) is 7.19. The van der Waals surface area contributed by atoms with Crippen LogP contribution in [0.2, 0.25) is 5.28 Å². The molecule has 1 aliphatic heterocycles. The topological polar surface area (TPSA) is 29.9 Å². The third kappa shape index (κ3) is 2.36. The summed E-state index contributed by atoms with van der Waals surface area (Å²) in [7, 11) is 0. The molecular weight excluding hydrogens is 234 g/mol. The summed E-state index contributed by atoms with van der Waals surface area (Å²) in [6.45, 7) is 1.94. The number of hydrogen-bond donors (Lipinski definition) is 1. The lowest BCUT2D eigenvalue weighted by atomic mass is 10.1. The molecule has 1 fully saturated rings. The number of fused-ring (bicyclic) bond motifs is 1. The summed E-state index contributed by atoms with van der Waals surface area (Å²) in [4.78, 5) is 4.52. The lowest BCUT2D eigenvalue weighted by Crippen LogP contribution is -2.26. The van der Waals surface area contributed by atoms with Crippen LogP contribution in [0.15, 0.2) is 0 Å². The summed E-state index contributed by atoms with van der Waals surface area (Å²) in [6.07, 6.45) is 9.05. The van der Waals surface area contributed by atoms with E-state index in [1.165, 1.54) is 49.9 Å². The van der Waals surface area contributed by atoms with Crippen molar-refractivity contribution in [2.75, 3.05) is 0 Å². The zero-order valence-corrected chi connectivity index (χ0v) is 11.0. The Labute approximate surface area is 108 Å². The van der Waals surface area contributed by atoms with Gasteiger partial charge in [0.25, 0.3) is 0 Å². The first-order valence-electron chi connectivity index (χ1n) is 6.82. The predicted octanol–water partition coefficient (Wildman–Crippen LogP) is 2.91. The van der Waals surface area contributed by atoms with Gasteiger partial charge in [-0.25, -0.2) is 4.98 Å². The minimum atomic E-state index is 0.683. The summed E-state index contributed by atoms with van der Waals surface area (Å²) in [5.41, 5.74) is 2.55. The van der Waals surface area contributed by atoms with Gasteiger partial charge < -0.3 is 9.88 Å². The lowest BCUT2D eigenvalue weighted by molar-refractivity contribution is 0.504. The number of imidazole rings is 1. The quantitative estimate of drug-likeness (QED) is 0.898. The Bertz CT molecular complexity index is 394. The van der Waals surface area contributed by atoms with Crippen molar-refractivity contribution in [1.29, 1.82) is 0 Å².